The van der Waals surface area contributed by atoms with E-state index in [1.807, 2.05) is 0 Å². The van der Waals surface area contributed by atoms with Crippen molar-refractivity contribution in [3.05, 3.63) is 58.6 Å². The Kier molecular flexibility index (Phi) is 5.13. The molecule has 2 aromatic rings. The molecule has 0 spiro atoms. The largest absolute Gasteiger partial charge is 0.325 e. The summed E-state index contributed by atoms with van der Waals surface area (Å²) in [6.45, 7) is 0.227. The molecule has 8 nitrogen and oxygen atoms in total. The number of anilines is 1. The normalized spacial score (nSPS) is 19.3. The van der Waals surface area contributed by atoms with Gasteiger partial charge in [-0.2, -0.15) is 4.31 Å². The molecule has 2 aromatic carbocycles. The Hall–Kier alpha value is -2.75. The van der Waals surface area contributed by atoms with Gasteiger partial charge in [0, 0.05) is 24.3 Å². The summed E-state index contributed by atoms with van der Waals surface area (Å²) in [5.41, 5.74) is 0.802. The zero-order chi connectivity index (χ0) is 21.6. The molecule has 0 saturated carbocycles. The first-order chi connectivity index (χ1) is 14.2. The summed E-state index contributed by atoms with van der Waals surface area (Å²) in [6.07, 6.45) is 0.927. The molecule has 0 aromatic heterocycles. The third-order valence-electron chi connectivity index (χ3n) is 5.28. The number of imide groups is 1. The van der Waals surface area contributed by atoms with Crippen LogP contribution in [0.3, 0.4) is 0 Å². The Balaban J connectivity index is 1.56. The van der Waals surface area contributed by atoms with Crippen molar-refractivity contribution in [2.45, 2.75) is 23.8 Å². The highest BCUT2D eigenvalue weighted by molar-refractivity contribution is 7.89. The van der Waals surface area contributed by atoms with Crippen molar-refractivity contribution in [1.29, 1.82) is 0 Å². The second-order valence-electron chi connectivity index (χ2n) is 7.15. The lowest BCUT2D eigenvalue weighted by Crippen LogP contribution is -2.43. The number of hydrogen-bond donors (Lipinski definition) is 1. The van der Waals surface area contributed by atoms with Crippen molar-refractivity contribution < 1.29 is 22.8 Å². The first kappa shape index (κ1) is 20.5. The Bertz CT molecular complexity index is 1160. The number of hydrogen-bond acceptors (Lipinski definition) is 5. The summed E-state index contributed by atoms with van der Waals surface area (Å²) in [6, 6.07) is 9.34. The molecule has 4 rings (SSSR count). The monoisotopic (exact) mass is 447 g/mol. The molecule has 0 aliphatic carbocycles. The average Bonchev–Trinajstić information content (AvgIpc) is 3.30. The van der Waals surface area contributed by atoms with Gasteiger partial charge in [-0.15, -0.1) is 0 Å². The third-order valence-corrected chi connectivity index (χ3v) is 7.46. The maximum Gasteiger partial charge on any atom is 0.261 e. The lowest BCUT2D eigenvalue weighted by atomic mass is 10.1. The molecule has 30 heavy (non-hydrogen) atoms. The first-order valence-corrected chi connectivity index (χ1v) is 11.1. The molecule has 2 heterocycles. The molecule has 1 N–H and O–H groups in total. The molecule has 156 valence electrons. The number of amides is 3. The van der Waals surface area contributed by atoms with Gasteiger partial charge in [-0.05, 0) is 55.3 Å². The van der Waals surface area contributed by atoms with Crippen LogP contribution >= 0.6 is 11.6 Å². The topological polar surface area (TPSA) is 104 Å². The number of carbonyl (C=O) groups excluding carboxylic acids is 3. The van der Waals surface area contributed by atoms with Crippen LogP contribution in [0.1, 0.15) is 33.6 Å². The summed E-state index contributed by atoms with van der Waals surface area (Å²) in [4.78, 5) is 38.1. The van der Waals surface area contributed by atoms with Crippen LogP contribution in [0.5, 0.6) is 0 Å². The highest BCUT2D eigenvalue weighted by Gasteiger charge is 2.40. The van der Waals surface area contributed by atoms with E-state index in [1.165, 1.54) is 53.8 Å². The third kappa shape index (κ3) is 3.38. The van der Waals surface area contributed by atoms with Crippen LogP contribution < -0.4 is 5.32 Å². The van der Waals surface area contributed by atoms with Crippen LogP contribution in [0.4, 0.5) is 5.69 Å². The van der Waals surface area contributed by atoms with Gasteiger partial charge in [-0.1, -0.05) is 11.6 Å². The van der Waals surface area contributed by atoms with Crippen LogP contribution in [0.25, 0.3) is 0 Å². The van der Waals surface area contributed by atoms with Gasteiger partial charge in [0.1, 0.15) is 6.04 Å². The molecular weight excluding hydrogens is 430 g/mol. The zero-order valence-corrected chi connectivity index (χ0v) is 17.5. The van der Waals surface area contributed by atoms with E-state index in [0.717, 1.165) is 4.90 Å². The minimum atomic E-state index is -3.87. The van der Waals surface area contributed by atoms with E-state index in [2.05, 4.69) is 5.32 Å². The highest BCUT2D eigenvalue weighted by atomic mass is 35.5. The molecule has 1 saturated heterocycles. The van der Waals surface area contributed by atoms with Crippen LogP contribution in [0, 0.1) is 0 Å². The Labute approximate surface area is 178 Å². The maximum absolute atomic E-state index is 13.0. The lowest BCUT2D eigenvalue weighted by molar-refractivity contribution is -0.119. The Morgan fingerprint density at radius 2 is 1.73 bits per heavy atom. The number of carbonyl (C=O) groups is 3. The minimum Gasteiger partial charge on any atom is -0.325 e. The lowest BCUT2D eigenvalue weighted by Gasteiger charge is -2.23. The SMILES string of the molecule is CN1C(=O)c2ccc(NC(=O)[C@H]3CCCN3S(=O)(=O)c3ccc(Cl)cc3)cc2C1=O. The number of nitrogens with one attached hydrogen (secondary N) is 1. The number of sulfonamides is 1. The van der Waals surface area contributed by atoms with Gasteiger partial charge >= 0.3 is 0 Å². The van der Waals surface area contributed by atoms with E-state index < -0.39 is 33.8 Å². The number of rotatable bonds is 4. The van der Waals surface area contributed by atoms with Gasteiger partial charge in [0.2, 0.25) is 15.9 Å². The van der Waals surface area contributed by atoms with Crippen LogP contribution in [0.15, 0.2) is 47.4 Å². The molecule has 2 aliphatic heterocycles. The summed E-state index contributed by atoms with van der Waals surface area (Å²) in [5, 5.41) is 3.09. The standard InChI is InChI=1S/C20H18ClN3O5S/c1-23-19(26)15-9-6-13(11-16(15)20(23)27)22-18(25)17-3-2-10-24(17)30(28,29)14-7-4-12(21)5-8-14/h4-9,11,17H,2-3,10H2,1H3,(H,22,25)/t17-/m1/s1. The number of fused-ring (bicyclic) bond motifs is 1. The van der Waals surface area contributed by atoms with Crippen molar-refractivity contribution in [2.75, 3.05) is 18.9 Å². The molecule has 1 atom stereocenters. The number of halogens is 1. The summed E-state index contributed by atoms with van der Waals surface area (Å²) < 4.78 is 27.2. The number of nitrogens with zero attached hydrogens (tertiary/aromatic N) is 2. The van der Waals surface area contributed by atoms with Gasteiger partial charge in [0.25, 0.3) is 11.8 Å². The van der Waals surface area contributed by atoms with Crippen molar-refractivity contribution in [1.82, 2.24) is 9.21 Å². The number of benzene rings is 2. The van der Waals surface area contributed by atoms with Crippen molar-refractivity contribution in [3.63, 3.8) is 0 Å². The molecule has 0 bridgehead atoms. The molecule has 1 fully saturated rings. The summed E-state index contributed by atoms with van der Waals surface area (Å²) >= 11 is 5.84. The van der Waals surface area contributed by atoms with E-state index in [1.54, 1.807) is 0 Å². The second kappa shape index (κ2) is 7.50. The fourth-order valence-electron chi connectivity index (χ4n) is 3.70. The highest BCUT2D eigenvalue weighted by Crippen LogP contribution is 2.29. The minimum absolute atomic E-state index is 0.0660. The molecule has 0 radical (unpaired) electrons. The second-order valence-corrected chi connectivity index (χ2v) is 9.47. The molecule has 3 amide bonds. The molecular formula is C20H18ClN3O5S. The Morgan fingerprint density at radius 1 is 1.07 bits per heavy atom. The Morgan fingerprint density at radius 3 is 2.43 bits per heavy atom. The van der Waals surface area contributed by atoms with E-state index in [9.17, 15) is 22.8 Å². The summed E-state index contributed by atoms with van der Waals surface area (Å²) in [5.74, 6) is -1.34. The van der Waals surface area contributed by atoms with Gasteiger partial charge in [-0.3, -0.25) is 19.3 Å². The van der Waals surface area contributed by atoms with E-state index in [0.29, 0.717) is 23.6 Å². The fraction of sp³-hybridized carbons (Fsp3) is 0.250. The average molecular weight is 448 g/mol. The van der Waals surface area contributed by atoms with Crippen LogP contribution in [-0.4, -0.2) is 55.0 Å². The van der Waals surface area contributed by atoms with Crippen LogP contribution in [-0.2, 0) is 14.8 Å². The van der Waals surface area contributed by atoms with Gasteiger partial charge < -0.3 is 5.32 Å². The quantitative estimate of drug-likeness (QED) is 0.724. The van der Waals surface area contributed by atoms with E-state index in [-0.39, 0.29) is 22.6 Å². The smallest absolute Gasteiger partial charge is 0.261 e. The van der Waals surface area contributed by atoms with Crippen molar-refractivity contribution in [3.8, 4) is 0 Å². The molecule has 10 heteroatoms. The van der Waals surface area contributed by atoms with Crippen molar-refractivity contribution in [2.24, 2.45) is 0 Å². The molecule has 0 unspecified atom stereocenters. The summed E-state index contributed by atoms with van der Waals surface area (Å²) in [7, 11) is -2.48. The predicted molar refractivity (Wildman–Crippen MR) is 110 cm³/mol. The maximum atomic E-state index is 13.0. The van der Waals surface area contributed by atoms with Crippen molar-refractivity contribution >= 4 is 45.0 Å². The first-order valence-electron chi connectivity index (χ1n) is 9.25. The predicted octanol–water partition coefficient (Wildman–Crippen LogP) is 2.36. The van der Waals surface area contributed by atoms with Crippen LogP contribution in [0.2, 0.25) is 5.02 Å². The van der Waals surface area contributed by atoms with Gasteiger partial charge in [0.15, 0.2) is 0 Å². The van der Waals surface area contributed by atoms with Gasteiger partial charge in [-0.25, -0.2) is 8.42 Å². The fourth-order valence-corrected chi connectivity index (χ4v) is 5.48. The van der Waals surface area contributed by atoms with E-state index in [4.69, 9.17) is 11.6 Å². The van der Waals surface area contributed by atoms with E-state index >= 15 is 0 Å². The van der Waals surface area contributed by atoms with Gasteiger partial charge in [0.05, 0.1) is 16.0 Å². The molecule has 2 aliphatic rings. The zero-order valence-electron chi connectivity index (χ0n) is 16.0.